The third-order valence-electron chi connectivity index (χ3n) is 4.58. The number of aryl methyl sites for hydroxylation is 1. The van der Waals surface area contributed by atoms with Crippen LogP contribution in [0.15, 0.2) is 53.1 Å². The second kappa shape index (κ2) is 8.33. The Kier molecular flexibility index (Phi) is 5.56. The molecule has 0 aliphatic heterocycles. The summed E-state index contributed by atoms with van der Waals surface area (Å²) in [5.41, 5.74) is 2.58. The van der Waals surface area contributed by atoms with Crippen LogP contribution in [0, 0.1) is 6.92 Å². The molecular weight excluding hydrogens is 425 g/mol. The lowest BCUT2D eigenvalue weighted by atomic mass is 10.2. The fourth-order valence-electron chi connectivity index (χ4n) is 3.00. The first-order valence-corrected chi connectivity index (χ1v) is 9.56. The number of ether oxygens (including phenoxy) is 1. The standard InChI is InChI=1S/C21H19F3N6O2/c1-13-25-18(27-30(13)12-14-5-4-6-16(11-14)29(2)3)19-26-20(32-28-19)15-7-9-17(10-8-15)31-21(22,23)24/h4-11H,12H2,1-3H3. The van der Waals surface area contributed by atoms with Gasteiger partial charge in [0, 0.05) is 25.3 Å². The Bertz CT molecular complexity index is 1220. The summed E-state index contributed by atoms with van der Waals surface area (Å²) in [6, 6.07) is 13.2. The van der Waals surface area contributed by atoms with Crippen LogP contribution in [0.25, 0.3) is 23.1 Å². The minimum atomic E-state index is -4.75. The van der Waals surface area contributed by atoms with Crippen LogP contribution in [-0.4, -0.2) is 45.4 Å². The smallest absolute Gasteiger partial charge is 0.406 e. The normalized spacial score (nSPS) is 11.6. The van der Waals surface area contributed by atoms with Crippen LogP contribution in [0.3, 0.4) is 0 Å². The molecule has 0 aliphatic rings. The van der Waals surface area contributed by atoms with Crippen LogP contribution in [0.1, 0.15) is 11.4 Å². The Morgan fingerprint density at radius 2 is 1.78 bits per heavy atom. The van der Waals surface area contributed by atoms with Crippen LogP contribution >= 0.6 is 0 Å². The SMILES string of the molecule is Cc1nc(-c2noc(-c3ccc(OC(F)(F)F)cc3)n2)nn1Cc1cccc(N(C)C)c1. The lowest BCUT2D eigenvalue weighted by Gasteiger charge is -2.13. The molecule has 0 bridgehead atoms. The van der Waals surface area contributed by atoms with E-state index in [0.29, 0.717) is 23.8 Å². The molecule has 4 aromatic rings. The summed E-state index contributed by atoms with van der Waals surface area (Å²) in [7, 11) is 3.95. The maximum atomic E-state index is 12.3. The first-order chi connectivity index (χ1) is 15.2. The van der Waals surface area contributed by atoms with Crippen molar-refractivity contribution in [2.45, 2.75) is 19.8 Å². The first-order valence-electron chi connectivity index (χ1n) is 9.56. The van der Waals surface area contributed by atoms with E-state index in [9.17, 15) is 13.2 Å². The maximum Gasteiger partial charge on any atom is 0.573 e. The van der Waals surface area contributed by atoms with Gasteiger partial charge in [0.2, 0.25) is 11.6 Å². The molecule has 0 unspecified atom stereocenters. The van der Waals surface area contributed by atoms with E-state index in [0.717, 1.165) is 11.3 Å². The van der Waals surface area contributed by atoms with Crippen molar-refractivity contribution in [3.05, 3.63) is 59.9 Å². The highest BCUT2D eigenvalue weighted by atomic mass is 19.4. The van der Waals surface area contributed by atoms with Crippen LogP contribution in [-0.2, 0) is 6.54 Å². The summed E-state index contributed by atoms with van der Waals surface area (Å²) in [5.74, 6) is 0.940. The number of hydrogen-bond donors (Lipinski definition) is 0. The van der Waals surface area contributed by atoms with Crippen molar-refractivity contribution in [3.63, 3.8) is 0 Å². The molecule has 2 aromatic carbocycles. The molecule has 0 aliphatic carbocycles. The first kappa shape index (κ1) is 21.3. The van der Waals surface area contributed by atoms with Crippen molar-refractivity contribution >= 4 is 5.69 Å². The molecule has 0 radical (unpaired) electrons. The second-order valence-corrected chi connectivity index (χ2v) is 7.20. The number of rotatable bonds is 6. The molecule has 166 valence electrons. The number of benzene rings is 2. The van der Waals surface area contributed by atoms with Crippen molar-refractivity contribution in [2.75, 3.05) is 19.0 Å². The van der Waals surface area contributed by atoms with E-state index in [1.807, 2.05) is 44.1 Å². The number of hydrogen-bond acceptors (Lipinski definition) is 7. The van der Waals surface area contributed by atoms with Crippen molar-refractivity contribution in [1.82, 2.24) is 24.9 Å². The molecule has 8 nitrogen and oxygen atoms in total. The molecule has 0 N–H and O–H groups in total. The molecule has 32 heavy (non-hydrogen) atoms. The Morgan fingerprint density at radius 1 is 1.03 bits per heavy atom. The van der Waals surface area contributed by atoms with E-state index in [4.69, 9.17) is 4.52 Å². The van der Waals surface area contributed by atoms with E-state index in [-0.39, 0.29) is 17.5 Å². The van der Waals surface area contributed by atoms with E-state index < -0.39 is 6.36 Å². The van der Waals surface area contributed by atoms with Crippen LogP contribution in [0.2, 0.25) is 0 Å². The summed E-state index contributed by atoms with van der Waals surface area (Å²) in [6.07, 6.45) is -4.75. The number of nitrogens with zero attached hydrogens (tertiary/aromatic N) is 6. The molecule has 2 heterocycles. The number of alkyl halides is 3. The molecule has 0 fully saturated rings. The monoisotopic (exact) mass is 444 g/mol. The zero-order chi connectivity index (χ0) is 22.9. The highest BCUT2D eigenvalue weighted by molar-refractivity contribution is 5.57. The zero-order valence-electron chi connectivity index (χ0n) is 17.5. The lowest BCUT2D eigenvalue weighted by Crippen LogP contribution is -2.16. The van der Waals surface area contributed by atoms with Gasteiger partial charge in [0.15, 0.2) is 0 Å². The third-order valence-corrected chi connectivity index (χ3v) is 4.58. The zero-order valence-corrected chi connectivity index (χ0v) is 17.5. The molecular formula is C21H19F3N6O2. The van der Waals surface area contributed by atoms with Gasteiger partial charge in [0.05, 0.1) is 6.54 Å². The topological polar surface area (TPSA) is 82.1 Å². The molecule has 4 rings (SSSR count). The van der Waals surface area contributed by atoms with Gasteiger partial charge in [0.1, 0.15) is 11.6 Å². The largest absolute Gasteiger partial charge is 0.573 e. The van der Waals surface area contributed by atoms with Gasteiger partial charge in [-0.1, -0.05) is 17.3 Å². The molecule has 0 saturated carbocycles. The van der Waals surface area contributed by atoms with Gasteiger partial charge in [-0.05, 0) is 48.9 Å². The Labute approximate surface area is 181 Å². The van der Waals surface area contributed by atoms with Crippen LogP contribution < -0.4 is 9.64 Å². The van der Waals surface area contributed by atoms with Crippen molar-refractivity contribution in [3.8, 4) is 28.9 Å². The van der Waals surface area contributed by atoms with Gasteiger partial charge in [-0.3, -0.25) is 0 Å². The highest BCUT2D eigenvalue weighted by Crippen LogP contribution is 2.27. The maximum absolute atomic E-state index is 12.3. The molecule has 11 heteroatoms. The predicted molar refractivity (Wildman–Crippen MR) is 110 cm³/mol. The van der Waals surface area contributed by atoms with Crippen molar-refractivity contribution in [1.29, 1.82) is 0 Å². The van der Waals surface area contributed by atoms with Crippen LogP contribution in [0.5, 0.6) is 5.75 Å². The van der Waals surface area contributed by atoms with E-state index in [1.165, 1.54) is 24.3 Å². The molecule has 0 atom stereocenters. The van der Waals surface area contributed by atoms with Gasteiger partial charge >= 0.3 is 6.36 Å². The average molecular weight is 444 g/mol. The summed E-state index contributed by atoms with van der Waals surface area (Å²) in [5, 5.41) is 8.37. The summed E-state index contributed by atoms with van der Waals surface area (Å²) < 4.78 is 47.7. The van der Waals surface area contributed by atoms with E-state index in [1.54, 1.807) is 4.68 Å². The molecule has 0 saturated heterocycles. The highest BCUT2D eigenvalue weighted by Gasteiger charge is 2.31. The minimum absolute atomic E-state index is 0.131. The Hall–Kier alpha value is -3.89. The van der Waals surface area contributed by atoms with Gasteiger partial charge < -0.3 is 14.2 Å². The van der Waals surface area contributed by atoms with Gasteiger partial charge in [-0.25, -0.2) is 9.67 Å². The predicted octanol–water partition coefficient (Wildman–Crippen LogP) is 4.32. The van der Waals surface area contributed by atoms with Crippen molar-refractivity contribution < 1.29 is 22.4 Å². The number of aromatic nitrogens is 5. The van der Waals surface area contributed by atoms with E-state index in [2.05, 4.69) is 31.0 Å². The molecule has 2 aromatic heterocycles. The third kappa shape index (κ3) is 4.88. The Balaban J connectivity index is 1.52. The van der Waals surface area contributed by atoms with Gasteiger partial charge in [-0.2, -0.15) is 4.98 Å². The minimum Gasteiger partial charge on any atom is -0.406 e. The quantitative estimate of drug-likeness (QED) is 0.438. The van der Waals surface area contributed by atoms with Crippen molar-refractivity contribution in [2.24, 2.45) is 0 Å². The van der Waals surface area contributed by atoms with Gasteiger partial charge in [-0.15, -0.1) is 18.3 Å². The number of anilines is 1. The average Bonchev–Trinajstić information content (AvgIpc) is 3.35. The molecule has 0 amide bonds. The number of halogens is 3. The van der Waals surface area contributed by atoms with E-state index >= 15 is 0 Å². The summed E-state index contributed by atoms with van der Waals surface area (Å²) >= 11 is 0. The fourth-order valence-corrected chi connectivity index (χ4v) is 3.00. The summed E-state index contributed by atoms with van der Waals surface area (Å²) in [4.78, 5) is 10.7. The summed E-state index contributed by atoms with van der Waals surface area (Å²) in [6.45, 7) is 2.35. The molecule has 0 spiro atoms. The fraction of sp³-hybridized carbons (Fsp3) is 0.238. The van der Waals surface area contributed by atoms with Gasteiger partial charge in [0.25, 0.3) is 5.89 Å². The lowest BCUT2D eigenvalue weighted by molar-refractivity contribution is -0.274. The Morgan fingerprint density at radius 3 is 2.47 bits per heavy atom. The van der Waals surface area contributed by atoms with Crippen LogP contribution in [0.4, 0.5) is 18.9 Å². The second-order valence-electron chi connectivity index (χ2n) is 7.20.